The van der Waals surface area contributed by atoms with E-state index in [4.69, 9.17) is 0 Å². The molecule has 1 amide bonds. The van der Waals surface area contributed by atoms with Crippen molar-refractivity contribution in [2.75, 3.05) is 6.61 Å². The number of carbonyl (C=O) groups excluding carboxylic acids is 3. The van der Waals surface area contributed by atoms with Crippen molar-refractivity contribution in [1.82, 2.24) is 5.06 Å². The standard InChI is InChI=1S/C9H13NO5/c1-3-15-9(13)7-6(11)4-5(2)10(14)8(7)12/h5,7,14H,3-4H2,1-2H3. The summed E-state index contributed by atoms with van der Waals surface area (Å²) in [7, 11) is 0. The van der Waals surface area contributed by atoms with Gasteiger partial charge in [0.15, 0.2) is 11.7 Å². The van der Waals surface area contributed by atoms with Gasteiger partial charge in [0, 0.05) is 6.42 Å². The van der Waals surface area contributed by atoms with Crippen LogP contribution < -0.4 is 0 Å². The third-order valence-corrected chi connectivity index (χ3v) is 2.23. The maximum Gasteiger partial charge on any atom is 0.326 e. The molecule has 1 aliphatic heterocycles. The van der Waals surface area contributed by atoms with Gasteiger partial charge in [0.25, 0.3) is 5.91 Å². The smallest absolute Gasteiger partial charge is 0.326 e. The number of rotatable bonds is 2. The highest BCUT2D eigenvalue weighted by molar-refractivity contribution is 6.17. The largest absolute Gasteiger partial charge is 0.465 e. The van der Waals surface area contributed by atoms with Gasteiger partial charge >= 0.3 is 5.97 Å². The van der Waals surface area contributed by atoms with E-state index >= 15 is 0 Å². The molecule has 0 aromatic heterocycles. The second kappa shape index (κ2) is 4.39. The number of ketones is 1. The number of hydroxylamine groups is 2. The van der Waals surface area contributed by atoms with Crippen molar-refractivity contribution in [3.05, 3.63) is 0 Å². The van der Waals surface area contributed by atoms with Crippen LogP contribution in [0.1, 0.15) is 20.3 Å². The number of Topliss-reactive ketones (excluding diaryl/α,β-unsaturated/α-hetero) is 1. The lowest BCUT2D eigenvalue weighted by Crippen LogP contribution is -2.52. The predicted octanol–water partition coefficient (Wildman–Crippen LogP) is -0.255. The molecule has 1 rings (SSSR count). The molecule has 6 heteroatoms. The Morgan fingerprint density at radius 3 is 2.73 bits per heavy atom. The first-order chi connectivity index (χ1) is 6.99. The van der Waals surface area contributed by atoms with E-state index in [9.17, 15) is 19.6 Å². The molecule has 0 aromatic rings. The Bertz CT molecular complexity index is 293. The van der Waals surface area contributed by atoms with Gasteiger partial charge in [-0.15, -0.1) is 0 Å². The summed E-state index contributed by atoms with van der Waals surface area (Å²) in [5, 5.41) is 9.69. The number of carbonyl (C=O) groups is 3. The molecule has 0 bridgehead atoms. The van der Waals surface area contributed by atoms with Gasteiger partial charge in [-0.3, -0.25) is 19.6 Å². The summed E-state index contributed by atoms with van der Waals surface area (Å²) in [6.45, 7) is 3.20. The van der Waals surface area contributed by atoms with Gasteiger partial charge in [-0.25, -0.2) is 5.06 Å². The molecule has 6 nitrogen and oxygen atoms in total. The van der Waals surface area contributed by atoms with Gasteiger partial charge < -0.3 is 4.74 Å². The number of nitrogens with zero attached hydrogens (tertiary/aromatic N) is 1. The third kappa shape index (κ3) is 2.15. The normalized spacial score (nSPS) is 26.7. The topological polar surface area (TPSA) is 83.9 Å². The summed E-state index contributed by atoms with van der Waals surface area (Å²) in [6.07, 6.45) is -0.0360. The zero-order chi connectivity index (χ0) is 11.6. The number of hydrogen-bond donors (Lipinski definition) is 1. The number of piperidine rings is 1. The minimum atomic E-state index is -1.49. The minimum absolute atomic E-state index is 0.0360. The summed E-state index contributed by atoms with van der Waals surface area (Å²) in [5.41, 5.74) is 0. The highest BCUT2D eigenvalue weighted by Gasteiger charge is 2.44. The van der Waals surface area contributed by atoms with Crippen LogP contribution in [0.5, 0.6) is 0 Å². The van der Waals surface area contributed by atoms with Crippen molar-refractivity contribution >= 4 is 17.7 Å². The highest BCUT2D eigenvalue weighted by atomic mass is 16.5. The van der Waals surface area contributed by atoms with Crippen molar-refractivity contribution in [3.8, 4) is 0 Å². The van der Waals surface area contributed by atoms with E-state index in [1.807, 2.05) is 0 Å². The van der Waals surface area contributed by atoms with Crippen LogP contribution in [0, 0.1) is 5.92 Å². The number of hydrogen-bond acceptors (Lipinski definition) is 5. The first kappa shape index (κ1) is 11.6. The first-order valence-electron chi connectivity index (χ1n) is 4.70. The van der Waals surface area contributed by atoms with Gasteiger partial charge in [0.1, 0.15) is 0 Å². The molecule has 0 aliphatic carbocycles. The van der Waals surface area contributed by atoms with Crippen LogP contribution in [0.4, 0.5) is 0 Å². The van der Waals surface area contributed by atoms with Crippen LogP contribution in [-0.4, -0.2) is 40.6 Å². The lowest BCUT2D eigenvalue weighted by molar-refractivity contribution is -0.191. The Balaban J connectivity index is 2.83. The molecule has 1 fully saturated rings. The number of amides is 1. The molecular formula is C9H13NO5. The zero-order valence-electron chi connectivity index (χ0n) is 8.60. The van der Waals surface area contributed by atoms with Crippen molar-refractivity contribution in [2.45, 2.75) is 26.3 Å². The minimum Gasteiger partial charge on any atom is -0.465 e. The van der Waals surface area contributed by atoms with Crippen LogP contribution in [0.15, 0.2) is 0 Å². The fourth-order valence-electron chi connectivity index (χ4n) is 1.44. The quantitative estimate of drug-likeness (QED) is 0.390. The lowest BCUT2D eigenvalue weighted by Gasteiger charge is -2.30. The van der Waals surface area contributed by atoms with E-state index in [-0.39, 0.29) is 13.0 Å². The van der Waals surface area contributed by atoms with E-state index < -0.39 is 29.6 Å². The highest BCUT2D eigenvalue weighted by Crippen LogP contribution is 2.19. The average molecular weight is 215 g/mol. The molecule has 2 unspecified atom stereocenters. The number of ether oxygens (including phenoxy) is 1. The zero-order valence-corrected chi connectivity index (χ0v) is 8.60. The van der Waals surface area contributed by atoms with E-state index in [0.717, 1.165) is 0 Å². The van der Waals surface area contributed by atoms with Crippen LogP contribution in [-0.2, 0) is 19.1 Å². The van der Waals surface area contributed by atoms with Crippen molar-refractivity contribution < 1.29 is 24.3 Å². The SMILES string of the molecule is CCOC(=O)C1C(=O)CC(C)N(O)C1=O. The molecule has 1 saturated heterocycles. The molecule has 15 heavy (non-hydrogen) atoms. The fourth-order valence-corrected chi connectivity index (χ4v) is 1.44. The van der Waals surface area contributed by atoms with Crippen molar-refractivity contribution in [1.29, 1.82) is 0 Å². The van der Waals surface area contributed by atoms with E-state index in [0.29, 0.717) is 5.06 Å². The molecule has 0 spiro atoms. The van der Waals surface area contributed by atoms with Crippen LogP contribution in [0.3, 0.4) is 0 Å². The maximum atomic E-state index is 11.4. The molecule has 84 valence electrons. The Hall–Kier alpha value is -1.43. The molecule has 1 N–H and O–H groups in total. The monoisotopic (exact) mass is 215 g/mol. The summed E-state index contributed by atoms with van der Waals surface area (Å²) >= 11 is 0. The molecule has 2 atom stereocenters. The molecular weight excluding hydrogens is 202 g/mol. The van der Waals surface area contributed by atoms with Crippen LogP contribution >= 0.6 is 0 Å². The van der Waals surface area contributed by atoms with Gasteiger partial charge in [-0.05, 0) is 13.8 Å². The molecule has 0 aromatic carbocycles. The second-order valence-corrected chi connectivity index (χ2v) is 3.39. The van der Waals surface area contributed by atoms with Gasteiger partial charge in [-0.1, -0.05) is 0 Å². The van der Waals surface area contributed by atoms with Crippen molar-refractivity contribution in [2.24, 2.45) is 5.92 Å². The van der Waals surface area contributed by atoms with E-state index in [1.54, 1.807) is 6.92 Å². The second-order valence-electron chi connectivity index (χ2n) is 3.39. The number of esters is 1. The van der Waals surface area contributed by atoms with Gasteiger partial charge in [0.05, 0.1) is 12.6 Å². The fraction of sp³-hybridized carbons (Fsp3) is 0.667. The van der Waals surface area contributed by atoms with Gasteiger partial charge in [0.2, 0.25) is 0 Å². The Kier molecular flexibility index (Phi) is 3.41. The maximum absolute atomic E-state index is 11.4. The van der Waals surface area contributed by atoms with E-state index in [2.05, 4.69) is 4.74 Å². The Labute approximate surface area is 86.8 Å². The predicted molar refractivity (Wildman–Crippen MR) is 47.8 cm³/mol. The first-order valence-corrected chi connectivity index (χ1v) is 4.70. The summed E-state index contributed by atoms with van der Waals surface area (Å²) < 4.78 is 4.59. The van der Waals surface area contributed by atoms with Crippen LogP contribution in [0.25, 0.3) is 0 Å². The summed E-state index contributed by atoms with van der Waals surface area (Å²) in [5.74, 6) is -3.79. The van der Waals surface area contributed by atoms with Crippen molar-refractivity contribution in [3.63, 3.8) is 0 Å². The summed E-state index contributed by atoms with van der Waals surface area (Å²) in [6, 6.07) is -0.587. The molecule has 0 radical (unpaired) electrons. The average Bonchev–Trinajstić information content (AvgIpc) is 2.15. The Morgan fingerprint density at radius 2 is 2.20 bits per heavy atom. The summed E-state index contributed by atoms with van der Waals surface area (Å²) in [4.78, 5) is 34.1. The van der Waals surface area contributed by atoms with E-state index in [1.165, 1.54) is 6.92 Å². The van der Waals surface area contributed by atoms with Gasteiger partial charge in [-0.2, -0.15) is 0 Å². The van der Waals surface area contributed by atoms with Crippen LogP contribution in [0.2, 0.25) is 0 Å². The molecule has 1 heterocycles. The Morgan fingerprint density at radius 1 is 1.60 bits per heavy atom. The lowest BCUT2D eigenvalue weighted by atomic mass is 9.93. The molecule has 0 saturated carbocycles. The third-order valence-electron chi connectivity index (χ3n) is 2.23. The molecule has 1 aliphatic rings.